The van der Waals surface area contributed by atoms with Gasteiger partial charge in [-0.1, -0.05) is 5.16 Å². The molecule has 14 heavy (non-hydrogen) atoms. The number of nitrogens with zero attached hydrogens (tertiary/aromatic N) is 2. The van der Waals surface area contributed by atoms with Gasteiger partial charge in [0.05, 0.1) is 12.1 Å². The predicted molar refractivity (Wildman–Crippen MR) is 49.6 cm³/mol. The molecule has 5 nitrogen and oxygen atoms in total. The molecule has 1 atom stereocenters. The van der Waals surface area contributed by atoms with Crippen LogP contribution in [0.2, 0.25) is 0 Å². The van der Waals surface area contributed by atoms with E-state index in [0.717, 1.165) is 13.0 Å². The average molecular weight is 197 g/mol. The van der Waals surface area contributed by atoms with Crippen LogP contribution < -0.4 is 5.32 Å². The number of hydrogen-bond donors (Lipinski definition) is 1. The van der Waals surface area contributed by atoms with Crippen LogP contribution in [0.15, 0.2) is 10.9 Å². The van der Waals surface area contributed by atoms with E-state index in [2.05, 4.69) is 33.8 Å². The predicted octanol–water partition coefficient (Wildman–Crippen LogP) is 0.727. The first-order valence-corrected chi connectivity index (χ1v) is 4.81. The summed E-state index contributed by atoms with van der Waals surface area (Å²) >= 11 is 0. The second-order valence-corrected chi connectivity index (χ2v) is 4.02. The number of aromatic nitrogens is 2. The SMILES string of the molecule is CC1(C)OCCC1NCc1ncon1. The Morgan fingerprint density at radius 2 is 2.50 bits per heavy atom. The molecule has 1 aromatic rings. The fourth-order valence-corrected chi connectivity index (χ4v) is 1.72. The molecule has 1 saturated heterocycles. The molecule has 1 aliphatic heterocycles. The Bertz CT molecular complexity index is 284. The van der Waals surface area contributed by atoms with Crippen LogP contribution in [-0.4, -0.2) is 28.4 Å². The monoisotopic (exact) mass is 197 g/mol. The molecule has 2 rings (SSSR count). The highest BCUT2D eigenvalue weighted by molar-refractivity contribution is 4.91. The fraction of sp³-hybridized carbons (Fsp3) is 0.778. The van der Waals surface area contributed by atoms with Crippen molar-refractivity contribution in [3.05, 3.63) is 12.2 Å². The van der Waals surface area contributed by atoms with Gasteiger partial charge in [-0.2, -0.15) is 4.98 Å². The third-order valence-electron chi connectivity index (χ3n) is 2.63. The van der Waals surface area contributed by atoms with Crippen LogP contribution in [-0.2, 0) is 11.3 Å². The lowest BCUT2D eigenvalue weighted by Gasteiger charge is -2.26. The fourth-order valence-electron chi connectivity index (χ4n) is 1.72. The van der Waals surface area contributed by atoms with Gasteiger partial charge in [-0.15, -0.1) is 0 Å². The van der Waals surface area contributed by atoms with E-state index in [-0.39, 0.29) is 5.60 Å². The molecule has 1 aliphatic rings. The average Bonchev–Trinajstić information content (AvgIpc) is 2.71. The smallest absolute Gasteiger partial charge is 0.213 e. The van der Waals surface area contributed by atoms with Crippen molar-refractivity contribution in [1.82, 2.24) is 15.5 Å². The first-order valence-electron chi connectivity index (χ1n) is 4.81. The van der Waals surface area contributed by atoms with E-state index in [9.17, 15) is 0 Å². The van der Waals surface area contributed by atoms with Crippen molar-refractivity contribution < 1.29 is 9.26 Å². The van der Waals surface area contributed by atoms with Crippen molar-refractivity contribution in [1.29, 1.82) is 0 Å². The van der Waals surface area contributed by atoms with Crippen LogP contribution in [0.5, 0.6) is 0 Å². The van der Waals surface area contributed by atoms with Crippen LogP contribution in [0.4, 0.5) is 0 Å². The van der Waals surface area contributed by atoms with Gasteiger partial charge in [-0.05, 0) is 20.3 Å². The Morgan fingerprint density at radius 3 is 3.07 bits per heavy atom. The van der Waals surface area contributed by atoms with Crippen LogP contribution >= 0.6 is 0 Å². The lowest BCUT2D eigenvalue weighted by atomic mass is 9.99. The molecular weight excluding hydrogens is 182 g/mol. The van der Waals surface area contributed by atoms with E-state index in [1.165, 1.54) is 6.39 Å². The topological polar surface area (TPSA) is 60.2 Å². The minimum absolute atomic E-state index is 0.0935. The largest absolute Gasteiger partial charge is 0.374 e. The van der Waals surface area contributed by atoms with Gasteiger partial charge in [0.15, 0.2) is 5.82 Å². The highest BCUT2D eigenvalue weighted by Crippen LogP contribution is 2.24. The standard InChI is InChI=1S/C9H15N3O2/c1-9(2)7(3-4-13-9)10-5-8-11-6-14-12-8/h6-7,10H,3-5H2,1-2H3. The van der Waals surface area contributed by atoms with E-state index in [1.54, 1.807) is 0 Å². The highest BCUT2D eigenvalue weighted by atomic mass is 16.5. The van der Waals surface area contributed by atoms with Crippen molar-refractivity contribution in [3.63, 3.8) is 0 Å². The van der Waals surface area contributed by atoms with Gasteiger partial charge in [-0.3, -0.25) is 0 Å². The summed E-state index contributed by atoms with van der Waals surface area (Å²) in [7, 11) is 0. The molecule has 0 amide bonds. The van der Waals surface area contributed by atoms with Gasteiger partial charge >= 0.3 is 0 Å². The van der Waals surface area contributed by atoms with Gasteiger partial charge in [0, 0.05) is 12.6 Å². The zero-order valence-electron chi connectivity index (χ0n) is 8.49. The normalized spacial score (nSPS) is 25.4. The van der Waals surface area contributed by atoms with Crippen molar-refractivity contribution in [2.24, 2.45) is 0 Å². The molecule has 1 aromatic heterocycles. The molecule has 2 heterocycles. The molecule has 1 fully saturated rings. The van der Waals surface area contributed by atoms with Crippen LogP contribution in [0.3, 0.4) is 0 Å². The molecule has 0 saturated carbocycles. The second-order valence-electron chi connectivity index (χ2n) is 4.02. The summed E-state index contributed by atoms with van der Waals surface area (Å²) in [6.07, 6.45) is 2.37. The molecule has 0 aromatic carbocycles. The van der Waals surface area contributed by atoms with Gasteiger partial charge in [-0.25, -0.2) is 0 Å². The third kappa shape index (κ3) is 1.93. The summed E-state index contributed by atoms with van der Waals surface area (Å²) in [5.74, 6) is 0.688. The number of rotatable bonds is 3. The first-order chi connectivity index (χ1) is 6.68. The molecule has 0 bridgehead atoms. The van der Waals surface area contributed by atoms with Gasteiger partial charge in [0.25, 0.3) is 0 Å². The van der Waals surface area contributed by atoms with Crippen molar-refractivity contribution in [2.75, 3.05) is 6.61 Å². The van der Waals surface area contributed by atoms with Gasteiger partial charge in [0.1, 0.15) is 0 Å². The summed E-state index contributed by atoms with van der Waals surface area (Å²) in [5, 5.41) is 7.10. The lowest BCUT2D eigenvalue weighted by molar-refractivity contribution is 0.0212. The summed E-state index contributed by atoms with van der Waals surface area (Å²) in [4.78, 5) is 3.94. The maximum atomic E-state index is 5.60. The molecular formula is C9H15N3O2. The maximum Gasteiger partial charge on any atom is 0.213 e. The minimum Gasteiger partial charge on any atom is -0.374 e. The molecule has 78 valence electrons. The quantitative estimate of drug-likeness (QED) is 0.774. The molecule has 5 heteroatoms. The summed E-state index contributed by atoms with van der Waals surface area (Å²) in [6, 6.07) is 0.362. The molecule has 1 unspecified atom stereocenters. The Kier molecular flexibility index (Phi) is 2.52. The van der Waals surface area contributed by atoms with E-state index in [4.69, 9.17) is 4.74 Å². The Hall–Kier alpha value is -0.940. The van der Waals surface area contributed by atoms with Crippen molar-refractivity contribution in [2.45, 2.75) is 38.5 Å². The third-order valence-corrected chi connectivity index (χ3v) is 2.63. The minimum atomic E-state index is -0.0935. The molecule has 0 spiro atoms. The summed E-state index contributed by atoms with van der Waals surface area (Å²) < 4.78 is 10.2. The first kappa shape index (κ1) is 9.61. The number of hydrogen-bond acceptors (Lipinski definition) is 5. The maximum absolute atomic E-state index is 5.60. The van der Waals surface area contributed by atoms with Crippen LogP contribution in [0.25, 0.3) is 0 Å². The van der Waals surface area contributed by atoms with E-state index < -0.39 is 0 Å². The van der Waals surface area contributed by atoms with E-state index >= 15 is 0 Å². The van der Waals surface area contributed by atoms with Crippen molar-refractivity contribution >= 4 is 0 Å². The van der Waals surface area contributed by atoms with E-state index in [0.29, 0.717) is 18.4 Å². The van der Waals surface area contributed by atoms with Crippen LogP contribution in [0.1, 0.15) is 26.1 Å². The summed E-state index contributed by atoms with van der Waals surface area (Å²) in [6.45, 7) is 5.63. The van der Waals surface area contributed by atoms with E-state index in [1.807, 2.05) is 0 Å². The van der Waals surface area contributed by atoms with Crippen LogP contribution in [0, 0.1) is 0 Å². The zero-order chi connectivity index (χ0) is 10.0. The molecule has 0 radical (unpaired) electrons. The Morgan fingerprint density at radius 1 is 1.64 bits per heavy atom. The molecule has 0 aliphatic carbocycles. The Labute approximate surface area is 82.8 Å². The highest BCUT2D eigenvalue weighted by Gasteiger charge is 2.35. The van der Waals surface area contributed by atoms with Crippen molar-refractivity contribution in [3.8, 4) is 0 Å². The lowest BCUT2D eigenvalue weighted by Crippen LogP contribution is -2.43. The number of nitrogens with one attached hydrogen (secondary N) is 1. The van der Waals surface area contributed by atoms with Gasteiger partial charge < -0.3 is 14.6 Å². The summed E-state index contributed by atoms with van der Waals surface area (Å²) in [5.41, 5.74) is -0.0935. The second kappa shape index (κ2) is 3.67. The molecule has 1 N–H and O–H groups in total. The Balaban J connectivity index is 1.86. The number of ether oxygens (including phenoxy) is 1. The van der Waals surface area contributed by atoms with Gasteiger partial charge in [0.2, 0.25) is 6.39 Å². The zero-order valence-corrected chi connectivity index (χ0v) is 8.49.